The predicted octanol–water partition coefficient (Wildman–Crippen LogP) is 3.70. The molecule has 0 amide bonds. The minimum atomic E-state index is -3.69. The van der Waals surface area contributed by atoms with Crippen molar-refractivity contribution >= 4 is 22.5 Å². The molecule has 0 fully saturated rings. The number of rotatable bonds is 0. The van der Waals surface area contributed by atoms with Gasteiger partial charge in [0.25, 0.3) is 17.3 Å². The molecule has 0 spiro atoms. The third kappa shape index (κ3) is 1.59. The van der Waals surface area contributed by atoms with Gasteiger partial charge in [0.1, 0.15) is 0 Å². The first-order valence-electron chi connectivity index (χ1n) is 5.03. The summed E-state index contributed by atoms with van der Waals surface area (Å²) in [7, 11) is 0. The van der Waals surface area contributed by atoms with E-state index in [-0.39, 0.29) is 10.4 Å². The molecule has 0 N–H and O–H groups in total. The summed E-state index contributed by atoms with van der Waals surface area (Å²) in [5, 5.41) is 19.2. The molecular formula is C13H2F2N4S. The van der Waals surface area contributed by atoms with Gasteiger partial charge in [0.15, 0.2) is 0 Å². The Bertz CT molecular complexity index is 733. The van der Waals surface area contributed by atoms with Gasteiger partial charge in [-0.15, -0.1) is 11.3 Å². The summed E-state index contributed by atoms with van der Waals surface area (Å²) in [6.07, 6.45) is 0. The van der Waals surface area contributed by atoms with Crippen molar-refractivity contribution < 1.29 is 8.78 Å². The third-order valence-electron chi connectivity index (χ3n) is 2.70. The maximum atomic E-state index is 14.4. The standard InChI is InChI=1S/C13H2F2N4S/c1-18-8(5-16)10-7-3-4-20-12(7)11(13(10,14)15)9(6-17)19-2/h3-4H/b10-8-,11-9-. The summed E-state index contributed by atoms with van der Waals surface area (Å²) in [6, 6.07) is 4.25. The van der Waals surface area contributed by atoms with E-state index < -0.39 is 28.5 Å². The molecule has 7 heteroatoms. The van der Waals surface area contributed by atoms with Crippen molar-refractivity contribution in [2.45, 2.75) is 5.92 Å². The van der Waals surface area contributed by atoms with E-state index in [4.69, 9.17) is 23.7 Å². The quantitative estimate of drug-likeness (QED) is 0.538. The van der Waals surface area contributed by atoms with E-state index in [2.05, 4.69) is 9.69 Å². The first kappa shape index (κ1) is 13.4. The minimum absolute atomic E-state index is 0.0407. The molecule has 1 heterocycles. The summed E-state index contributed by atoms with van der Waals surface area (Å²) in [6.45, 7) is 13.7. The number of nitrogens with zero attached hydrogens (tertiary/aromatic N) is 4. The molecular weight excluding hydrogens is 282 g/mol. The van der Waals surface area contributed by atoms with E-state index in [9.17, 15) is 8.78 Å². The lowest BCUT2D eigenvalue weighted by Crippen LogP contribution is -2.16. The normalized spacial score (nSPS) is 19.9. The van der Waals surface area contributed by atoms with Crippen LogP contribution in [0.3, 0.4) is 0 Å². The number of hydrogen-bond acceptors (Lipinski definition) is 3. The van der Waals surface area contributed by atoms with Crippen molar-refractivity contribution in [1.82, 2.24) is 0 Å². The minimum Gasteiger partial charge on any atom is -0.226 e. The molecule has 0 saturated carbocycles. The van der Waals surface area contributed by atoms with E-state index >= 15 is 0 Å². The van der Waals surface area contributed by atoms with Crippen molar-refractivity contribution in [3.05, 3.63) is 56.1 Å². The Hall–Kier alpha value is -3.00. The Morgan fingerprint density at radius 1 is 1.15 bits per heavy atom. The highest BCUT2D eigenvalue weighted by Crippen LogP contribution is 2.56. The van der Waals surface area contributed by atoms with Gasteiger partial charge in [0, 0.05) is 10.5 Å². The molecule has 1 aromatic heterocycles. The van der Waals surface area contributed by atoms with Gasteiger partial charge in [0.05, 0.1) is 30.9 Å². The van der Waals surface area contributed by atoms with E-state index in [0.717, 1.165) is 11.3 Å². The molecule has 0 atom stereocenters. The second kappa shape index (κ2) is 4.59. The van der Waals surface area contributed by atoms with Gasteiger partial charge in [-0.2, -0.15) is 8.78 Å². The summed E-state index contributed by atoms with van der Waals surface area (Å²) < 4.78 is 28.9. The average molecular weight is 284 g/mol. The molecule has 0 bridgehead atoms. The lowest BCUT2D eigenvalue weighted by atomic mass is 10.0. The number of halogens is 2. The molecule has 1 aromatic rings. The highest BCUT2D eigenvalue weighted by molar-refractivity contribution is 7.11. The van der Waals surface area contributed by atoms with Crippen LogP contribution >= 0.6 is 11.3 Å². The van der Waals surface area contributed by atoms with E-state index in [1.807, 2.05) is 0 Å². The van der Waals surface area contributed by atoms with Crippen LogP contribution in [-0.2, 0) is 0 Å². The maximum Gasteiger partial charge on any atom is 0.284 e. The lowest BCUT2D eigenvalue weighted by Gasteiger charge is -2.14. The van der Waals surface area contributed by atoms with Crippen LogP contribution < -0.4 is 0 Å². The topological polar surface area (TPSA) is 56.3 Å². The molecule has 1 aliphatic rings. The number of thiophene rings is 1. The van der Waals surface area contributed by atoms with E-state index in [0.29, 0.717) is 0 Å². The van der Waals surface area contributed by atoms with Gasteiger partial charge in [-0.3, -0.25) is 0 Å². The summed E-state index contributed by atoms with van der Waals surface area (Å²) >= 11 is 0.945. The van der Waals surface area contributed by atoms with Gasteiger partial charge in [-0.1, -0.05) is 0 Å². The van der Waals surface area contributed by atoms with Crippen molar-refractivity contribution in [3.63, 3.8) is 0 Å². The summed E-state index contributed by atoms with van der Waals surface area (Å²) in [4.78, 5) is 5.70. The zero-order chi connectivity index (χ0) is 14.9. The zero-order valence-electron chi connectivity index (χ0n) is 9.61. The molecule has 0 aliphatic heterocycles. The van der Waals surface area contributed by atoms with Crippen LogP contribution in [0.4, 0.5) is 8.78 Å². The lowest BCUT2D eigenvalue weighted by molar-refractivity contribution is 0.138. The van der Waals surface area contributed by atoms with Gasteiger partial charge in [0.2, 0.25) is 0 Å². The van der Waals surface area contributed by atoms with Gasteiger partial charge in [-0.05, 0) is 17.0 Å². The Morgan fingerprint density at radius 2 is 1.70 bits per heavy atom. The van der Waals surface area contributed by atoms with Crippen LogP contribution in [0.5, 0.6) is 0 Å². The van der Waals surface area contributed by atoms with Crippen LogP contribution in [0.25, 0.3) is 20.8 Å². The van der Waals surface area contributed by atoms with E-state index in [1.54, 1.807) is 0 Å². The highest BCUT2D eigenvalue weighted by Gasteiger charge is 2.51. The largest absolute Gasteiger partial charge is 0.284 e. The number of alkyl halides is 2. The molecule has 0 unspecified atom stereocenters. The monoisotopic (exact) mass is 284 g/mol. The van der Waals surface area contributed by atoms with Crippen LogP contribution in [0.1, 0.15) is 10.4 Å². The molecule has 0 aromatic carbocycles. The van der Waals surface area contributed by atoms with Crippen molar-refractivity contribution in [1.29, 1.82) is 10.5 Å². The highest BCUT2D eigenvalue weighted by atomic mass is 32.1. The Morgan fingerprint density at radius 3 is 2.20 bits per heavy atom. The fraction of sp³-hybridized carbons (Fsp3) is 0.0769. The first-order chi connectivity index (χ1) is 9.52. The fourth-order valence-corrected chi connectivity index (χ4v) is 2.92. The first-order valence-corrected chi connectivity index (χ1v) is 5.91. The maximum absolute atomic E-state index is 14.4. The fourth-order valence-electron chi connectivity index (χ4n) is 1.94. The Labute approximate surface area is 116 Å². The number of fused-ring (bicyclic) bond motifs is 1. The molecule has 0 saturated heterocycles. The average Bonchev–Trinajstić information content (AvgIpc) is 2.95. The van der Waals surface area contributed by atoms with Crippen LogP contribution in [0, 0.1) is 35.8 Å². The second-order valence-electron chi connectivity index (χ2n) is 3.63. The Balaban J connectivity index is 2.98. The van der Waals surface area contributed by atoms with Crippen LogP contribution in [0.2, 0.25) is 0 Å². The number of nitriles is 2. The van der Waals surface area contributed by atoms with Crippen molar-refractivity contribution in [2.75, 3.05) is 0 Å². The second-order valence-corrected chi connectivity index (χ2v) is 4.55. The molecule has 4 nitrogen and oxygen atoms in total. The van der Waals surface area contributed by atoms with Crippen molar-refractivity contribution in [3.8, 4) is 12.1 Å². The molecule has 2 rings (SSSR count). The zero-order valence-corrected chi connectivity index (χ0v) is 10.4. The summed E-state index contributed by atoms with van der Waals surface area (Å²) in [5.41, 5.74) is -2.86. The van der Waals surface area contributed by atoms with Gasteiger partial charge >= 0.3 is 0 Å². The van der Waals surface area contributed by atoms with Crippen LogP contribution in [-0.4, -0.2) is 5.92 Å². The molecule has 0 radical (unpaired) electrons. The smallest absolute Gasteiger partial charge is 0.226 e. The van der Waals surface area contributed by atoms with E-state index in [1.165, 1.54) is 23.6 Å². The summed E-state index contributed by atoms with van der Waals surface area (Å²) in [5.74, 6) is -3.69. The van der Waals surface area contributed by atoms with Gasteiger partial charge < -0.3 is 0 Å². The van der Waals surface area contributed by atoms with Crippen molar-refractivity contribution in [2.24, 2.45) is 0 Å². The van der Waals surface area contributed by atoms with Crippen LogP contribution in [0.15, 0.2) is 22.8 Å². The SMILES string of the molecule is [C-]#[N+]/C(C#N)=C1/c2ccsc2/C(=C(\C#N)[N+]#[C-])C1(F)F. The predicted molar refractivity (Wildman–Crippen MR) is 67.5 cm³/mol. The molecule has 94 valence electrons. The number of hydrogen-bond donors (Lipinski definition) is 0. The molecule has 1 aliphatic carbocycles. The Kier molecular flexibility index (Phi) is 3.08. The molecule has 20 heavy (non-hydrogen) atoms. The third-order valence-corrected chi connectivity index (χ3v) is 3.63. The van der Waals surface area contributed by atoms with Gasteiger partial charge in [-0.25, -0.2) is 20.2 Å². The number of allylic oxidation sites excluding steroid dienone is 4.